The standard InChI is InChI=1S/C14H19N3O2/c1-3-13-14(19)16-6-7-17(13)10-4-5-12(15)11(8-10)9(2)18/h4-5,8,13H,3,6-7,15H2,1-2H3,(H,16,19). The van der Waals surface area contributed by atoms with E-state index >= 15 is 0 Å². The molecule has 1 aliphatic heterocycles. The topological polar surface area (TPSA) is 75.4 Å². The van der Waals surface area contributed by atoms with Crippen molar-refractivity contribution >= 4 is 23.1 Å². The highest BCUT2D eigenvalue weighted by Crippen LogP contribution is 2.25. The summed E-state index contributed by atoms with van der Waals surface area (Å²) in [7, 11) is 0. The van der Waals surface area contributed by atoms with Crippen LogP contribution < -0.4 is 16.0 Å². The number of carbonyl (C=O) groups excluding carboxylic acids is 2. The second-order valence-electron chi connectivity index (χ2n) is 4.74. The zero-order valence-electron chi connectivity index (χ0n) is 11.3. The van der Waals surface area contributed by atoms with Gasteiger partial charge in [-0.2, -0.15) is 0 Å². The fourth-order valence-corrected chi connectivity index (χ4v) is 2.46. The van der Waals surface area contributed by atoms with Crippen LogP contribution in [-0.2, 0) is 4.79 Å². The third-order valence-corrected chi connectivity index (χ3v) is 3.47. The summed E-state index contributed by atoms with van der Waals surface area (Å²) in [5.41, 5.74) is 7.66. The zero-order valence-corrected chi connectivity index (χ0v) is 11.3. The average molecular weight is 261 g/mol. The number of hydrogen-bond donors (Lipinski definition) is 2. The first kappa shape index (κ1) is 13.4. The number of ketones is 1. The Hall–Kier alpha value is -2.04. The van der Waals surface area contributed by atoms with E-state index in [-0.39, 0.29) is 17.7 Å². The van der Waals surface area contributed by atoms with E-state index in [1.807, 2.05) is 17.9 Å². The number of nitrogens with one attached hydrogen (secondary N) is 1. The second kappa shape index (κ2) is 5.30. The maximum atomic E-state index is 11.9. The van der Waals surface area contributed by atoms with Crippen LogP contribution in [0.2, 0.25) is 0 Å². The van der Waals surface area contributed by atoms with Gasteiger partial charge in [-0.25, -0.2) is 0 Å². The van der Waals surface area contributed by atoms with Crippen molar-refractivity contribution in [1.29, 1.82) is 0 Å². The summed E-state index contributed by atoms with van der Waals surface area (Å²) in [6, 6.07) is 5.19. The van der Waals surface area contributed by atoms with E-state index in [1.54, 1.807) is 12.1 Å². The third-order valence-electron chi connectivity index (χ3n) is 3.47. The summed E-state index contributed by atoms with van der Waals surface area (Å²) in [6.07, 6.45) is 0.728. The smallest absolute Gasteiger partial charge is 0.242 e. The number of carbonyl (C=O) groups is 2. The van der Waals surface area contributed by atoms with Crippen LogP contribution in [0.15, 0.2) is 18.2 Å². The van der Waals surface area contributed by atoms with Crippen LogP contribution in [0, 0.1) is 0 Å². The molecule has 19 heavy (non-hydrogen) atoms. The van der Waals surface area contributed by atoms with Crippen LogP contribution >= 0.6 is 0 Å². The Morgan fingerprint density at radius 3 is 2.89 bits per heavy atom. The van der Waals surface area contributed by atoms with Crippen LogP contribution in [0.25, 0.3) is 0 Å². The normalized spacial score (nSPS) is 19.2. The number of benzene rings is 1. The first-order valence-electron chi connectivity index (χ1n) is 6.49. The van der Waals surface area contributed by atoms with E-state index < -0.39 is 0 Å². The molecule has 1 fully saturated rings. The lowest BCUT2D eigenvalue weighted by molar-refractivity contribution is -0.123. The van der Waals surface area contributed by atoms with Crippen molar-refractivity contribution in [3.05, 3.63) is 23.8 Å². The molecule has 1 saturated heterocycles. The number of amides is 1. The molecule has 1 aromatic carbocycles. The van der Waals surface area contributed by atoms with Gasteiger partial charge in [-0.15, -0.1) is 0 Å². The minimum absolute atomic E-state index is 0.0370. The lowest BCUT2D eigenvalue weighted by Gasteiger charge is -2.36. The van der Waals surface area contributed by atoms with Crippen molar-refractivity contribution in [2.75, 3.05) is 23.7 Å². The van der Waals surface area contributed by atoms with Gasteiger partial charge in [-0.3, -0.25) is 9.59 Å². The molecule has 0 bridgehead atoms. The molecule has 1 atom stereocenters. The van der Waals surface area contributed by atoms with Crippen LogP contribution in [0.4, 0.5) is 11.4 Å². The second-order valence-corrected chi connectivity index (χ2v) is 4.74. The fraction of sp³-hybridized carbons (Fsp3) is 0.429. The van der Waals surface area contributed by atoms with Gasteiger partial charge >= 0.3 is 0 Å². The Morgan fingerprint density at radius 2 is 2.26 bits per heavy atom. The molecule has 5 nitrogen and oxygen atoms in total. The molecule has 0 aliphatic carbocycles. The molecule has 2 rings (SSSR count). The SMILES string of the molecule is CCC1C(=O)NCCN1c1ccc(N)c(C(C)=O)c1. The van der Waals surface area contributed by atoms with E-state index in [0.29, 0.717) is 17.8 Å². The predicted molar refractivity (Wildman–Crippen MR) is 75.3 cm³/mol. The highest BCUT2D eigenvalue weighted by molar-refractivity contribution is 6.00. The quantitative estimate of drug-likeness (QED) is 0.633. The maximum absolute atomic E-state index is 11.9. The number of rotatable bonds is 3. The highest BCUT2D eigenvalue weighted by Gasteiger charge is 2.28. The molecule has 0 aromatic heterocycles. The number of hydrogen-bond acceptors (Lipinski definition) is 4. The fourth-order valence-electron chi connectivity index (χ4n) is 2.46. The van der Waals surface area contributed by atoms with Gasteiger partial charge < -0.3 is 16.0 Å². The molecule has 0 saturated carbocycles. The minimum atomic E-state index is -0.183. The number of Topliss-reactive ketones (excluding diaryl/α,β-unsaturated/α-hetero) is 1. The average Bonchev–Trinajstić information content (AvgIpc) is 2.38. The summed E-state index contributed by atoms with van der Waals surface area (Å²) in [5.74, 6) is -0.0243. The largest absolute Gasteiger partial charge is 0.398 e. The van der Waals surface area contributed by atoms with E-state index in [9.17, 15) is 9.59 Å². The van der Waals surface area contributed by atoms with Gasteiger partial charge in [0.2, 0.25) is 5.91 Å². The Labute approximate surface area is 112 Å². The molecule has 102 valence electrons. The highest BCUT2D eigenvalue weighted by atomic mass is 16.2. The summed E-state index contributed by atoms with van der Waals surface area (Å²) < 4.78 is 0. The first-order valence-corrected chi connectivity index (χ1v) is 6.49. The predicted octanol–water partition coefficient (Wildman–Crippen LogP) is 1.19. The molecule has 0 radical (unpaired) electrons. The van der Waals surface area contributed by atoms with Crippen LogP contribution in [0.3, 0.4) is 0 Å². The van der Waals surface area contributed by atoms with E-state index in [2.05, 4.69) is 5.32 Å². The molecule has 1 aliphatic rings. The monoisotopic (exact) mass is 261 g/mol. The molecular weight excluding hydrogens is 242 g/mol. The third kappa shape index (κ3) is 2.54. The van der Waals surface area contributed by atoms with Gasteiger partial charge in [0.25, 0.3) is 0 Å². The van der Waals surface area contributed by atoms with E-state index in [1.165, 1.54) is 6.92 Å². The van der Waals surface area contributed by atoms with Crippen LogP contribution in [0.1, 0.15) is 30.6 Å². The molecule has 3 N–H and O–H groups in total. The van der Waals surface area contributed by atoms with Gasteiger partial charge in [0.15, 0.2) is 5.78 Å². The number of anilines is 2. The van der Waals surface area contributed by atoms with Crippen LogP contribution in [-0.4, -0.2) is 30.8 Å². The van der Waals surface area contributed by atoms with Gasteiger partial charge in [0.05, 0.1) is 0 Å². The molecule has 0 spiro atoms. The maximum Gasteiger partial charge on any atom is 0.242 e. The number of nitrogens with two attached hydrogens (primary N) is 1. The summed E-state index contributed by atoms with van der Waals surface area (Å²) >= 11 is 0. The molecule has 1 amide bonds. The van der Waals surface area contributed by atoms with Crippen molar-refractivity contribution in [1.82, 2.24) is 5.32 Å². The van der Waals surface area contributed by atoms with Crippen molar-refractivity contribution in [2.45, 2.75) is 26.3 Å². The summed E-state index contributed by atoms with van der Waals surface area (Å²) in [5, 5.41) is 2.86. The summed E-state index contributed by atoms with van der Waals surface area (Å²) in [6.45, 7) is 4.84. The Morgan fingerprint density at radius 1 is 1.53 bits per heavy atom. The molecule has 1 heterocycles. The lowest BCUT2D eigenvalue weighted by Crippen LogP contribution is -2.55. The summed E-state index contributed by atoms with van der Waals surface area (Å²) in [4.78, 5) is 25.4. The number of nitrogens with zero attached hydrogens (tertiary/aromatic N) is 1. The molecule has 1 aromatic rings. The number of piperazine rings is 1. The van der Waals surface area contributed by atoms with Gasteiger partial charge in [0, 0.05) is 30.0 Å². The van der Waals surface area contributed by atoms with Crippen molar-refractivity contribution in [2.24, 2.45) is 0 Å². The lowest BCUT2D eigenvalue weighted by atomic mass is 10.0. The minimum Gasteiger partial charge on any atom is -0.398 e. The molecule has 1 unspecified atom stereocenters. The van der Waals surface area contributed by atoms with Gasteiger partial charge in [-0.1, -0.05) is 6.92 Å². The van der Waals surface area contributed by atoms with E-state index in [4.69, 9.17) is 5.73 Å². The number of nitrogen functional groups attached to an aromatic ring is 1. The molecular formula is C14H19N3O2. The van der Waals surface area contributed by atoms with Crippen molar-refractivity contribution in [3.8, 4) is 0 Å². The van der Waals surface area contributed by atoms with Crippen LogP contribution in [0.5, 0.6) is 0 Å². The first-order chi connectivity index (χ1) is 9.04. The zero-order chi connectivity index (χ0) is 14.0. The van der Waals surface area contributed by atoms with Gasteiger partial charge in [0.1, 0.15) is 6.04 Å². The Balaban J connectivity index is 2.37. The molecule has 5 heteroatoms. The van der Waals surface area contributed by atoms with Crippen molar-refractivity contribution < 1.29 is 9.59 Å². The van der Waals surface area contributed by atoms with Crippen molar-refractivity contribution in [3.63, 3.8) is 0 Å². The Bertz CT molecular complexity index is 513. The Kier molecular flexibility index (Phi) is 3.74. The van der Waals surface area contributed by atoms with Gasteiger partial charge in [-0.05, 0) is 31.5 Å². The van der Waals surface area contributed by atoms with E-state index in [0.717, 1.165) is 18.7 Å².